The van der Waals surface area contributed by atoms with Crippen LogP contribution in [-0.4, -0.2) is 15.5 Å². The van der Waals surface area contributed by atoms with Crippen LogP contribution in [0.15, 0.2) is 42.1 Å². The van der Waals surface area contributed by atoms with Gasteiger partial charge in [-0.1, -0.05) is 0 Å². The predicted molar refractivity (Wildman–Crippen MR) is 102 cm³/mol. The van der Waals surface area contributed by atoms with Gasteiger partial charge >= 0.3 is 156 Å². The van der Waals surface area contributed by atoms with Gasteiger partial charge in [0.15, 0.2) is 0 Å². The Balaban J connectivity index is 0.00000264. The van der Waals surface area contributed by atoms with Crippen LogP contribution in [0.1, 0.15) is 32.6 Å². The largest absolute Gasteiger partial charge is 1.00 e. The summed E-state index contributed by atoms with van der Waals surface area (Å²) in [6.45, 7) is 12.2. The molecule has 134 valence electrons. The molecule has 0 saturated heterocycles. The first-order valence-electron chi connectivity index (χ1n) is 8.48. The average molecular weight is 499 g/mol. The van der Waals surface area contributed by atoms with Gasteiger partial charge in [-0.2, -0.15) is 0 Å². The summed E-state index contributed by atoms with van der Waals surface area (Å²) in [4.78, 5) is 0. The summed E-state index contributed by atoms with van der Waals surface area (Å²) in [5, 5.41) is 2.57. The second-order valence-corrected chi connectivity index (χ2v) is 23.3. The van der Waals surface area contributed by atoms with E-state index in [1.165, 1.54) is 25.7 Å². The van der Waals surface area contributed by atoms with Crippen LogP contribution in [0.3, 0.4) is 0 Å². The molecule has 0 amide bonds. The monoisotopic (exact) mass is 496 g/mol. The number of allylic oxidation sites excluding steroid dienone is 8. The zero-order valence-electron chi connectivity index (χ0n) is 15.4. The van der Waals surface area contributed by atoms with Crippen LogP contribution in [0.5, 0.6) is 0 Å². The minimum atomic E-state index is -1.63. The van der Waals surface area contributed by atoms with E-state index in [1.807, 2.05) is 3.28 Å². The molecule has 0 aromatic rings. The minimum absolute atomic E-state index is 0. The Morgan fingerprint density at radius 2 is 1.79 bits per heavy atom. The Labute approximate surface area is 179 Å². The van der Waals surface area contributed by atoms with E-state index in [-0.39, 0.29) is 24.8 Å². The van der Waals surface area contributed by atoms with E-state index in [4.69, 9.17) is 11.1 Å². The normalized spacial score (nSPS) is 18.0. The Morgan fingerprint density at radius 1 is 1.12 bits per heavy atom. The number of halogens is 3. The fraction of sp³-hybridized carbons (Fsp3) is 0.556. The molecule has 0 fully saturated rings. The van der Waals surface area contributed by atoms with E-state index in [0.717, 1.165) is 5.16 Å². The molecular weight excluding hydrogens is 470 g/mol. The van der Waals surface area contributed by atoms with Crippen LogP contribution in [0.25, 0.3) is 0 Å². The van der Waals surface area contributed by atoms with E-state index in [2.05, 4.69) is 63.5 Å². The van der Waals surface area contributed by atoms with Crippen LogP contribution in [0.4, 0.5) is 0 Å². The molecule has 0 aromatic carbocycles. The Kier molecular flexibility index (Phi) is 11.0. The van der Waals surface area contributed by atoms with Crippen molar-refractivity contribution in [3.05, 3.63) is 42.1 Å². The molecule has 0 aromatic heterocycles. The number of rotatable bonds is 7. The molecule has 0 N–H and O–H groups in total. The van der Waals surface area contributed by atoms with Gasteiger partial charge in [0.25, 0.3) is 0 Å². The minimum Gasteiger partial charge on any atom is -1.00 e. The van der Waals surface area contributed by atoms with Gasteiger partial charge in [-0.15, -0.1) is 0 Å². The van der Waals surface area contributed by atoms with Gasteiger partial charge in [0, 0.05) is 0 Å². The Hall–Kier alpha value is 1.15. The molecule has 1 atom stereocenters. The van der Waals surface area contributed by atoms with Crippen LogP contribution in [-0.2, 0) is 23.2 Å². The average Bonchev–Trinajstić information content (AvgIpc) is 3.06. The van der Waals surface area contributed by atoms with Gasteiger partial charge in [-0.3, -0.25) is 0 Å². The first kappa shape index (κ1) is 25.1. The predicted octanol–water partition coefficient (Wildman–Crippen LogP) is 0.536. The maximum atomic E-state index is 6.98. The maximum absolute atomic E-state index is 6.98. The fourth-order valence-corrected chi connectivity index (χ4v) is 23.7. The van der Waals surface area contributed by atoms with Crippen molar-refractivity contribution in [3.8, 4) is 0 Å². The van der Waals surface area contributed by atoms with Crippen molar-refractivity contribution in [3.63, 3.8) is 0 Å². The number of hydrogen-bond donors (Lipinski definition) is 0. The fourth-order valence-electron chi connectivity index (χ4n) is 4.00. The standard InChI is InChI=1S/C13H24ClSi2.C5H5.2ClH.Zr/c1-6-9-13(16(4,5)14)15(2,3)12-10-7-8-11-12;1-2-4-5-3-1;;;/h7,10,13H,6,8-9H2,1-5H3;1-3H,4H2;2*1H;/q;;;;+2/p-2. The molecule has 0 aliphatic heterocycles. The molecule has 0 bridgehead atoms. The molecule has 24 heavy (non-hydrogen) atoms. The van der Waals surface area contributed by atoms with Crippen LogP contribution in [0, 0.1) is 0 Å². The molecule has 1 unspecified atom stereocenters. The first-order valence-corrected chi connectivity index (χ1v) is 18.1. The van der Waals surface area contributed by atoms with Gasteiger partial charge in [-0.05, 0) is 0 Å². The van der Waals surface area contributed by atoms with E-state index in [0.29, 0.717) is 0 Å². The summed E-state index contributed by atoms with van der Waals surface area (Å²) < 4.78 is 3.60. The van der Waals surface area contributed by atoms with Gasteiger partial charge in [-0.25, -0.2) is 0 Å². The van der Waals surface area contributed by atoms with Crippen molar-refractivity contribution < 1.29 is 48.0 Å². The molecule has 6 heteroatoms. The van der Waals surface area contributed by atoms with Gasteiger partial charge < -0.3 is 24.8 Å². The third kappa shape index (κ3) is 6.10. The second kappa shape index (κ2) is 10.5. The summed E-state index contributed by atoms with van der Waals surface area (Å²) in [6.07, 6.45) is 16.9. The topological polar surface area (TPSA) is 0 Å². The summed E-state index contributed by atoms with van der Waals surface area (Å²) >= 11 is 6.43. The van der Waals surface area contributed by atoms with Crippen LogP contribution >= 0.6 is 11.1 Å². The zero-order valence-corrected chi connectivity index (χ0v) is 22.2. The van der Waals surface area contributed by atoms with Crippen molar-refractivity contribution in [2.24, 2.45) is 0 Å². The molecule has 0 heterocycles. The summed E-state index contributed by atoms with van der Waals surface area (Å²) in [6, 6.07) is 0. The molecule has 0 radical (unpaired) electrons. The Bertz CT molecular complexity index is 543. The quantitative estimate of drug-likeness (QED) is 0.355. The molecule has 2 aliphatic carbocycles. The summed E-state index contributed by atoms with van der Waals surface area (Å²) in [7, 11) is -3.10. The molecule has 0 nitrogen and oxygen atoms in total. The van der Waals surface area contributed by atoms with E-state index < -0.39 is 38.7 Å². The van der Waals surface area contributed by atoms with Crippen molar-refractivity contribution >= 4 is 26.5 Å². The summed E-state index contributed by atoms with van der Waals surface area (Å²) in [5.41, 5.74) is 0. The smallest absolute Gasteiger partial charge is 1.00 e. The SMILES string of the molecule is CCCC([Si](C)(C)Cl)[Si](C)(C)C1=[C]([Zr+2][C]2=CC=CC2)CC=C1.[Cl-].[Cl-]. The van der Waals surface area contributed by atoms with Crippen molar-refractivity contribution in [2.75, 3.05) is 0 Å². The molecule has 0 saturated carbocycles. The van der Waals surface area contributed by atoms with Crippen LogP contribution in [0.2, 0.25) is 31.4 Å². The second-order valence-electron chi connectivity index (χ2n) is 7.58. The van der Waals surface area contributed by atoms with Gasteiger partial charge in [0.2, 0.25) is 0 Å². The third-order valence-electron chi connectivity index (χ3n) is 4.99. The van der Waals surface area contributed by atoms with Crippen molar-refractivity contribution in [2.45, 2.75) is 64.0 Å². The molecular formula is C18H29Cl3Si2Zr. The van der Waals surface area contributed by atoms with Crippen molar-refractivity contribution in [1.29, 1.82) is 0 Å². The maximum Gasteiger partial charge on any atom is -1.00 e. The van der Waals surface area contributed by atoms with Gasteiger partial charge in [0.1, 0.15) is 0 Å². The Morgan fingerprint density at radius 3 is 2.29 bits per heavy atom. The molecule has 0 spiro atoms. The zero-order chi connectivity index (χ0) is 16.4. The number of hydrogen-bond acceptors (Lipinski definition) is 0. The first-order chi connectivity index (χ1) is 10.3. The van der Waals surface area contributed by atoms with Gasteiger partial charge in [0.05, 0.1) is 0 Å². The van der Waals surface area contributed by atoms with Crippen molar-refractivity contribution in [1.82, 2.24) is 0 Å². The molecule has 2 rings (SSSR count). The van der Waals surface area contributed by atoms with E-state index in [1.54, 1.807) is 8.48 Å². The van der Waals surface area contributed by atoms with E-state index >= 15 is 0 Å². The third-order valence-corrected chi connectivity index (χ3v) is 20.7. The van der Waals surface area contributed by atoms with E-state index in [9.17, 15) is 0 Å². The molecule has 2 aliphatic rings. The van der Waals surface area contributed by atoms with Crippen LogP contribution < -0.4 is 24.8 Å². The summed E-state index contributed by atoms with van der Waals surface area (Å²) in [5.74, 6) is 0.